The zero-order chi connectivity index (χ0) is 14.5. The van der Waals surface area contributed by atoms with E-state index in [2.05, 4.69) is 5.32 Å². The summed E-state index contributed by atoms with van der Waals surface area (Å²) in [6, 6.07) is 12.5. The van der Waals surface area contributed by atoms with Gasteiger partial charge >= 0.3 is 0 Å². The van der Waals surface area contributed by atoms with Crippen LogP contribution in [0.15, 0.2) is 42.5 Å². The molecule has 0 heterocycles. The van der Waals surface area contributed by atoms with Crippen molar-refractivity contribution in [2.75, 3.05) is 11.9 Å². The predicted molar refractivity (Wildman–Crippen MR) is 81.1 cm³/mol. The lowest BCUT2D eigenvalue weighted by Gasteiger charge is -2.19. The summed E-state index contributed by atoms with van der Waals surface area (Å²) in [7, 11) is 0. The average molecular weight is 294 g/mol. The molecule has 1 N–H and O–H groups in total. The van der Waals surface area contributed by atoms with Crippen LogP contribution >= 0.6 is 11.6 Å². The fourth-order valence-electron chi connectivity index (χ4n) is 2.05. The van der Waals surface area contributed by atoms with E-state index in [4.69, 9.17) is 16.3 Å². The molecule has 0 aliphatic heterocycles. The first kappa shape index (κ1) is 14.7. The van der Waals surface area contributed by atoms with Gasteiger partial charge in [0.2, 0.25) is 0 Å². The van der Waals surface area contributed by atoms with E-state index in [0.29, 0.717) is 12.3 Å². The van der Waals surface area contributed by atoms with Gasteiger partial charge in [0.1, 0.15) is 5.75 Å². The quantitative estimate of drug-likeness (QED) is 0.833. The Morgan fingerprint density at radius 3 is 2.70 bits per heavy atom. The molecule has 2 aromatic carbocycles. The van der Waals surface area contributed by atoms with Crippen LogP contribution in [-0.4, -0.2) is 6.61 Å². The van der Waals surface area contributed by atoms with Crippen molar-refractivity contribution in [2.24, 2.45) is 0 Å². The summed E-state index contributed by atoms with van der Waals surface area (Å²) in [5.74, 6) is 0.368. The summed E-state index contributed by atoms with van der Waals surface area (Å²) in [6.45, 7) is 4.49. The fraction of sp³-hybridized carbons (Fsp3) is 0.250. The van der Waals surface area contributed by atoms with Crippen molar-refractivity contribution in [1.82, 2.24) is 0 Å². The monoisotopic (exact) mass is 293 g/mol. The molecule has 0 aromatic heterocycles. The first-order chi connectivity index (χ1) is 9.63. The number of rotatable bonds is 5. The molecule has 0 spiro atoms. The van der Waals surface area contributed by atoms with Gasteiger partial charge < -0.3 is 10.1 Å². The maximum Gasteiger partial charge on any atom is 0.164 e. The maximum absolute atomic E-state index is 13.9. The van der Waals surface area contributed by atoms with Crippen LogP contribution in [0.25, 0.3) is 0 Å². The van der Waals surface area contributed by atoms with E-state index in [1.807, 2.05) is 38.1 Å². The Morgan fingerprint density at radius 2 is 1.95 bits per heavy atom. The van der Waals surface area contributed by atoms with E-state index in [0.717, 1.165) is 11.3 Å². The number of hydrogen-bond donors (Lipinski definition) is 1. The summed E-state index contributed by atoms with van der Waals surface area (Å²) in [6.07, 6.45) is 0. The van der Waals surface area contributed by atoms with Crippen molar-refractivity contribution in [2.45, 2.75) is 19.9 Å². The summed E-state index contributed by atoms with van der Waals surface area (Å²) < 4.78 is 19.5. The van der Waals surface area contributed by atoms with Crippen LogP contribution in [-0.2, 0) is 0 Å². The number of ether oxygens (including phenoxy) is 1. The van der Waals surface area contributed by atoms with E-state index in [1.54, 1.807) is 12.1 Å². The Bertz CT molecular complexity index is 588. The second-order valence-electron chi connectivity index (χ2n) is 4.44. The van der Waals surface area contributed by atoms with Gasteiger partial charge in [-0.2, -0.15) is 0 Å². The minimum Gasteiger partial charge on any atom is -0.494 e. The first-order valence-electron chi connectivity index (χ1n) is 6.55. The highest BCUT2D eigenvalue weighted by molar-refractivity contribution is 6.31. The molecule has 0 aliphatic rings. The Hall–Kier alpha value is -1.74. The van der Waals surface area contributed by atoms with Crippen LogP contribution < -0.4 is 10.1 Å². The smallest absolute Gasteiger partial charge is 0.164 e. The third-order valence-electron chi connectivity index (χ3n) is 3.01. The molecule has 2 rings (SSSR count). The molecule has 0 saturated carbocycles. The Kier molecular flexibility index (Phi) is 4.85. The number of para-hydroxylation sites is 1. The van der Waals surface area contributed by atoms with Gasteiger partial charge in [-0.3, -0.25) is 0 Å². The molecule has 1 atom stereocenters. The van der Waals surface area contributed by atoms with Gasteiger partial charge in [-0.25, -0.2) is 4.39 Å². The molecule has 4 heteroatoms. The first-order valence-corrected chi connectivity index (χ1v) is 6.93. The molecular formula is C16H17ClFNO. The van der Waals surface area contributed by atoms with E-state index >= 15 is 0 Å². The molecule has 2 nitrogen and oxygen atoms in total. The Balaban J connectivity index is 2.24. The molecule has 0 aliphatic carbocycles. The van der Waals surface area contributed by atoms with E-state index in [1.165, 1.54) is 6.07 Å². The SMILES string of the molecule is CCOc1ccccc1C(C)Nc1cccc(Cl)c1F. The van der Waals surface area contributed by atoms with Crippen LogP contribution in [0.1, 0.15) is 25.5 Å². The lowest BCUT2D eigenvalue weighted by atomic mass is 10.1. The molecule has 0 amide bonds. The molecule has 0 bridgehead atoms. The van der Waals surface area contributed by atoms with Crippen LogP contribution in [0.5, 0.6) is 5.75 Å². The van der Waals surface area contributed by atoms with Gasteiger partial charge in [0.05, 0.1) is 23.4 Å². The molecule has 1 unspecified atom stereocenters. The number of benzene rings is 2. The van der Waals surface area contributed by atoms with Crippen molar-refractivity contribution in [1.29, 1.82) is 0 Å². The normalized spacial score (nSPS) is 12.0. The molecule has 106 valence electrons. The second kappa shape index (κ2) is 6.62. The summed E-state index contributed by atoms with van der Waals surface area (Å²) in [4.78, 5) is 0. The molecule has 0 saturated heterocycles. The van der Waals surface area contributed by atoms with Crippen LogP contribution in [0.3, 0.4) is 0 Å². The topological polar surface area (TPSA) is 21.3 Å². The van der Waals surface area contributed by atoms with Gasteiger partial charge in [0.25, 0.3) is 0 Å². The maximum atomic E-state index is 13.9. The zero-order valence-electron chi connectivity index (χ0n) is 11.5. The number of anilines is 1. The van der Waals surface area contributed by atoms with Crippen LogP contribution in [0.2, 0.25) is 5.02 Å². The third-order valence-corrected chi connectivity index (χ3v) is 3.30. The van der Waals surface area contributed by atoms with Gasteiger partial charge in [-0.1, -0.05) is 35.9 Å². The fourth-order valence-corrected chi connectivity index (χ4v) is 2.23. The largest absolute Gasteiger partial charge is 0.494 e. The van der Waals surface area contributed by atoms with Crippen LogP contribution in [0.4, 0.5) is 10.1 Å². The van der Waals surface area contributed by atoms with Crippen molar-refractivity contribution in [3.05, 3.63) is 58.9 Å². The molecule has 0 fully saturated rings. The number of halogens is 2. The number of hydrogen-bond acceptors (Lipinski definition) is 2. The lowest BCUT2D eigenvalue weighted by Crippen LogP contribution is -2.10. The highest BCUT2D eigenvalue weighted by Gasteiger charge is 2.14. The minimum atomic E-state index is -0.435. The standard InChI is InChI=1S/C16H17ClFNO/c1-3-20-15-10-5-4-7-12(15)11(2)19-14-9-6-8-13(17)16(14)18/h4-11,19H,3H2,1-2H3. The van der Waals surface area contributed by atoms with Gasteiger partial charge in [-0.15, -0.1) is 0 Å². The van der Waals surface area contributed by atoms with Crippen molar-refractivity contribution >= 4 is 17.3 Å². The highest BCUT2D eigenvalue weighted by Crippen LogP contribution is 2.30. The molecule has 2 aromatic rings. The Labute approximate surface area is 123 Å². The highest BCUT2D eigenvalue weighted by atomic mass is 35.5. The lowest BCUT2D eigenvalue weighted by molar-refractivity contribution is 0.335. The molecular weight excluding hydrogens is 277 g/mol. The molecule has 20 heavy (non-hydrogen) atoms. The predicted octanol–water partition coefficient (Wildman–Crippen LogP) is 5.05. The van der Waals surface area contributed by atoms with Gasteiger partial charge in [-0.05, 0) is 32.0 Å². The minimum absolute atomic E-state index is 0.0919. The Morgan fingerprint density at radius 1 is 1.20 bits per heavy atom. The van der Waals surface area contributed by atoms with E-state index < -0.39 is 5.82 Å². The van der Waals surface area contributed by atoms with Crippen LogP contribution in [0, 0.1) is 5.82 Å². The number of nitrogens with one attached hydrogen (secondary N) is 1. The summed E-state index contributed by atoms with van der Waals surface area (Å²) in [5.41, 5.74) is 1.37. The van der Waals surface area contributed by atoms with E-state index in [-0.39, 0.29) is 11.1 Å². The van der Waals surface area contributed by atoms with Crippen molar-refractivity contribution in [3.8, 4) is 5.75 Å². The van der Waals surface area contributed by atoms with Gasteiger partial charge in [0, 0.05) is 5.56 Å². The van der Waals surface area contributed by atoms with E-state index in [9.17, 15) is 4.39 Å². The average Bonchev–Trinajstić information content (AvgIpc) is 2.45. The van der Waals surface area contributed by atoms with Crippen molar-refractivity contribution < 1.29 is 9.13 Å². The zero-order valence-corrected chi connectivity index (χ0v) is 12.2. The van der Waals surface area contributed by atoms with Crippen molar-refractivity contribution in [3.63, 3.8) is 0 Å². The molecule has 0 radical (unpaired) electrons. The summed E-state index contributed by atoms with van der Waals surface area (Å²) in [5, 5.41) is 3.24. The van der Waals surface area contributed by atoms with Gasteiger partial charge in [0.15, 0.2) is 5.82 Å². The summed E-state index contributed by atoms with van der Waals surface area (Å²) >= 11 is 5.78. The third kappa shape index (κ3) is 3.23. The second-order valence-corrected chi connectivity index (χ2v) is 4.85.